The number of hydrogen-bond acceptors (Lipinski definition) is 3. The normalized spacial score (nSPS) is 20.7. The van der Waals surface area contributed by atoms with Gasteiger partial charge in [-0.3, -0.25) is 4.79 Å². The Kier molecular flexibility index (Phi) is 5.46. The SMILES string of the molecule is CC(C)C1CN(C(=O)Nc2cccc(C#N)c2)CCC(=O)N1CC1CC1. The molecule has 2 fully saturated rings. The summed E-state index contributed by atoms with van der Waals surface area (Å²) < 4.78 is 0. The molecule has 26 heavy (non-hydrogen) atoms. The number of urea groups is 1. The minimum Gasteiger partial charge on any atom is -0.337 e. The van der Waals surface area contributed by atoms with Gasteiger partial charge in [-0.15, -0.1) is 0 Å². The van der Waals surface area contributed by atoms with Crippen molar-refractivity contribution in [1.29, 1.82) is 5.26 Å². The van der Waals surface area contributed by atoms with Crippen LogP contribution in [0.4, 0.5) is 10.5 Å². The van der Waals surface area contributed by atoms with Crippen LogP contribution in [0.5, 0.6) is 0 Å². The first-order valence-electron chi connectivity index (χ1n) is 9.33. The Bertz CT molecular complexity index is 721. The van der Waals surface area contributed by atoms with E-state index in [1.54, 1.807) is 29.2 Å². The van der Waals surface area contributed by atoms with Gasteiger partial charge in [0.1, 0.15) is 0 Å². The summed E-state index contributed by atoms with van der Waals surface area (Å²) in [4.78, 5) is 29.1. The molecule has 1 N–H and O–H groups in total. The third kappa shape index (κ3) is 4.34. The van der Waals surface area contributed by atoms with Crippen LogP contribution in [0, 0.1) is 23.2 Å². The number of amides is 3. The molecule has 1 aromatic carbocycles. The zero-order valence-corrected chi connectivity index (χ0v) is 15.4. The van der Waals surface area contributed by atoms with Crippen LogP contribution in [0.25, 0.3) is 0 Å². The fourth-order valence-electron chi connectivity index (χ4n) is 3.41. The molecule has 0 bridgehead atoms. The van der Waals surface area contributed by atoms with E-state index < -0.39 is 0 Å². The van der Waals surface area contributed by atoms with E-state index in [4.69, 9.17) is 5.26 Å². The van der Waals surface area contributed by atoms with Gasteiger partial charge in [-0.1, -0.05) is 19.9 Å². The average molecular weight is 354 g/mol. The number of nitrogens with one attached hydrogen (secondary N) is 1. The smallest absolute Gasteiger partial charge is 0.321 e. The van der Waals surface area contributed by atoms with Crippen molar-refractivity contribution in [3.05, 3.63) is 29.8 Å². The van der Waals surface area contributed by atoms with Crippen LogP contribution in [-0.4, -0.2) is 47.4 Å². The Labute approximate surface area is 154 Å². The van der Waals surface area contributed by atoms with E-state index in [-0.39, 0.29) is 23.9 Å². The maximum absolute atomic E-state index is 12.7. The third-order valence-electron chi connectivity index (χ3n) is 5.18. The predicted molar refractivity (Wildman–Crippen MR) is 99.4 cm³/mol. The van der Waals surface area contributed by atoms with E-state index in [9.17, 15) is 9.59 Å². The molecule has 1 heterocycles. The summed E-state index contributed by atoms with van der Waals surface area (Å²) in [6.07, 6.45) is 2.77. The first kappa shape index (κ1) is 18.2. The number of nitrogens with zero attached hydrogens (tertiary/aromatic N) is 3. The molecule has 3 amide bonds. The highest BCUT2D eigenvalue weighted by Crippen LogP contribution is 2.32. The van der Waals surface area contributed by atoms with Crippen LogP contribution >= 0.6 is 0 Å². The van der Waals surface area contributed by atoms with Crippen LogP contribution in [0.3, 0.4) is 0 Å². The number of nitriles is 1. The molecule has 0 spiro atoms. The molecule has 1 aliphatic heterocycles. The molecule has 0 radical (unpaired) electrons. The number of carbonyl (C=O) groups is 2. The predicted octanol–water partition coefficient (Wildman–Crippen LogP) is 3.06. The minimum absolute atomic E-state index is 0.0433. The molecule has 138 valence electrons. The molecule has 6 heteroatoms. The maximum Gasteiger partial charge on any atom is 0.321 e. The summed E-state index contributed by atoms with van der Waals surface area (Å²) in [5.41, 5.74) is 1.10. The second-order valence-corrected chi connectivity index (χ2v) is 7.62. The summed E-state index contributed by atoms with van der Waals surface area (Å²) in [5, 5.41) is 11.9. The van der Waals surface area contributed by atoms with Crippen LogP contribution < -0.4 is 5.32 Å². The lowest BCUT2D eigenvalue weighted by Crippen LogP contribution is -2.48. The van der Waals surface area contributed by atoms with Gasteiger partial charge in [0.15, 0.2) is 0 Å². The summed E-state index contributed by atoms with van der Waals surface area (Å²) >= 11 is 0. The van der Waals surface area contributed by atoms with Crippen LogP contribution in [0.15, 0.2) is 24.3 Å². The number of hydrogen-bond donors (Lipinski definition) is 1. The summed E-state index contributed by atoms with van der Waals surface area (Å²) in [5.74, 6) is 1.07. The summed E-state index contributed by atoms with van der Waals surface area (Å²) in [6.45, 7) is 6.00. The number of benzene rings is 1. The van der Waals surface area contributed by atoms with Crippen molar-refractivity contribution in [1.82, 2.24) is 9.80 Å². The number of carbonyl (C=O) groups excluding carboxylic acids is 2. The van der Waals surface area contributed by atoms with E-state index in [0.29, 0.717) is 36.7 Å². The van der Waals surface area contributed by atoms with Gasteiger partial charge in [0.05, 0.1) is 17.7 Å². The van der Waals surface area contributed by atoms with Gasteiger partial charge < -0.3 is 15.1 Å². The van der Waals surface area contributed by atoms with E-state index >= 15 is 0 Å². The highest BCUT2D eigenvalue weighted by molar-refractivity contribution is 5.90. The minimum atomic E-state index is -0.216. The molecule has 1 aromatic rings. The summed E-state index contributed by atoms with van der Waals surface area (Å²) in [7, 11) is 0. The lowest BCUT2D eigenvalue weighted by atomic mass is 10.0. The topological polar surface area (TPSA) is 76.4 Å². The molecular weight excluding hydrogens is 328 g/mol. The first-order valence-corrected chi connectivity index (χ1v) is 9.33. The molecule has 2 aliphatic rings. The van der Waals surface area contributed by atoms with Gasteiger partial charge in [-0.05, 0) is 42.9 Å². The Balaban J connectivity index is 1.71. The third-order valence-corrected chi connectivity index (χ3v) is 5.18. The first-order chi connectivity index (χ1) is 12.5. The maximum atomic E-state index is 12.7. The molecule has 1 aliphatic carbocycles. The molecule has 1 atom stereocenters. The Morgan fingerprint density at radius 1 is 1.38 bits per heavy atom. The van der Waals surface area contributed by atoms with Crippen molar-refractivity contribution >= 4 is 17.6 Å². The lowest BCUT2D eigenvalue weighted by Gasteiger charge is -2.34. The second-order valence-electron chi connectivity index (χ2n) is 7.62. The number of rotatable bonds is 4. The fourth-order valence-corrected chi connectivity index (χ4v) is 3.41. The van der Waals surface area contributed by atoms with Gasteiger partial charge in [0.25, 0.3) is 0 Å². The average Bonchev–Trinajstić information content (AvgIpc) is 3.44. The van der Waals surface area contributed by atoms with Crippen LogP contribution in [0.2, 0.25) is 0 Å². The van der Waals surface area contributed by atoms with Gasteiger partial charge in [-0.2, -0.15) is 5.26 Å². The van der Waals surface area contributed by atoms with Crippen molar-refractivity contribution in [2.45, 2.75) is 39.2 Å². The van der Waals surface area contributed by atoms with Gasteiger partial charge in [-0.25, -0.2) is 4.79 Å². The molecule has 3 rings (SSSR count). The fraction of sp³-hybridized carbons (Fsp3) is 0.550. The molecule has 1 saturated carbocycles. The molecular formula is C20H26N4O2. The highest BCUT2D eigenvalue weighted by Gasteiger charge is 2.36. The zero-order valence-electron chi connectivity index (χ0n) is 15.4. The molecule has 1 saturated heterocycles. The van der Waals surface area contributed by atoms with Crippen LogP contribution in [-0.2, 0) is 4.79 Å². The van der Waals surface area contributed by atoms with E-state index in [0.717, 1.165) is 6.54 Å². The van der Waals surface area contributed by atoms with E-state index in [1.165, 1.54) is 12.8 Å². The van der Waals surface area contributed by atoms with Crippen molar-refractivity contribution in [3.8, 4) is 6.07 Å². The largest absolute Gasteiger partial charge is 0.337 e. The Morgan fingerprint density at radius 3 is 2.81 bits per heavy atom. The van der Waals surface area contributed by atoms with Crippen molar-refractivity contribution in [2.24, 2.45) is 11.8 Å². The van der Waals surface area contributed by atoms with E-state index in [2.05, 4.69) is 25.2 Å². The van der Waals surface area contributed by atoms with Crippen LogP contribution in [0.1, 0.15) is 38.7 Å². The highest BCUT2D eigenvalue weighted by atomic mass is 16.2. The second kappa shape index (κ2) is 7.77. The zero-order chi connectivity index (χ0) is 18.7. The van der Waals surface area contributed by atoms with Crippen molar-refractivity contribution in [3.63, 3.8) is 0 Å². The molecule has 6 nitrogen and oxygen atoms in total. The Morgan fingerprint density at radius 2 is 2.15 bits per heavy atom. The molecule has 1 unspecified atom stereocenters. The van der Waals surface area contributed by atoms with Gasteiger partial charge in [0, 0.05) is 31.7 Å². The van der Waals surface area contributed by atoms with Gasteiger partial charge >= 0.3 is 6.03 Å². The van der Waals surface area contributed by atoms with Crippen molar-refractivity contribution < 1.29 is 9.59 Å². The van der Waals surface area contributed by atoms with Gasteiger partial charge in [0.2, 0.25) is 5.91 Å². The monoisotopic (exact) mass is 354 g/mol. The lowest BCUT2D eigenvalue weighted by molar-refractivity contribution is -0.133. The standard InChI is InChI=1S/C20H26N4O2/c1-14(2)18-13-23(9-8-19(25)24(18)12-15-6-7-15)20(26)22-17-5-3-4-16(10-17)11-21/h3-5,10,14-15,18H,6-9,12-13H2,1-2H3,(H,22,26). The number of anilines is 1. The van der Waals surface area contributed by atoms with E-state index in [1.807, 2.05) is 4.90 Å². The Hall–Kier alpha value is -2.55. The quantitative estimate of drug-likeness (QED) is 0.903. The molecule has 0 aromatic heterocycles. The summed E-state index contributed by atoms with van der Waals surface area (Å²) in [6, 6.07) is 8.76. The van der Waals surface area contributed by atoms with Crippen molar-refractivity contribution in [2.75, 3.05) is 25.0 Å².